The van der Waals surface area contributed by atoms with E-state index in [-0.39, 0.29) is 0 Å². The third kappa shape index (κ3) is 3.36. The van der Waals surface area contributed by atoms with Crippen LogP contribution < -0.4 is 10.0 Å². The second-order valence-corrected chi connectivity index (χ2v) is 8.20. The molecule has 1 atom stereocenters. The lowest BCUT2D eigenvalue weighted by atomic mass is 9.95. The van der Waals surface area contributed by atoms with E-state index in [9.17, 15) is 8.42 Å². The van der Waals surface area contributed by atoms with Gasteiger partial charge in [-0.25, -0.2) is 13.1 Å². The maximum atomic E-state index is 12.7. The zero-order chi connectivity index (χ0) is 16.5. The summed E-state index contributed by atoms with van der Waals surface area (Å²) in [5.41, 5.74) is 5.07. The number of nitrogens with one attached hydrogen (secondary N) is 2. The van der Waals surface area contributed by atoms with Crippen molar-refractivity contribution in [1.82, 2.24) is 10.0 Å². The first-order valence-corrected chi connectivity index (χ1v) is 9.51. The molecule has 0 saturated carbocycles. The van der Waals surface area contributed by atoms with Gasteiger partial charge in [0.2, 0.25) is 10.0 Å². The van der Waals surface area contributed by atoms with Crippen molar-refractivity contribution in [3.05, 3.63) is 27.8 Å². The third-order valence-corrected chi connectivity index (χ3v) is 6.94. The number of sulfonamides is 1. The molecule has 0 amide bonds. The quantitative estimate of drug-likeness (QED) is 0.875. The SMILES string of the molecule is Cc1c(C)c(C)c(S(=O)(=O)NCCC2CCNC2)c(C)c1C. The molecule has 1 aromatic carbocycles. The van der Waals surface area contributed by atoms with Crippen LogP contribution in [0, 0.1) is 40.5 Å². The molecule has 22 heavy (non-hydrogen) atoms. The van der Waals surface area contributed by atoms with Crippen LogP contribution in [0.15, 0.2) is 4.90 Å². The summed E-state index contributed by atoms with van der Waals surface area (Å²) in [6.45, 7) is 12.4. The third-order valence-electron chi connectivity index (χ3n) is 5.21. The molecule has 1 fully saturated rings. The van der Waals surface area contributed by atoms with E-state index in [1.807, 2.05) is 27.7 Å². The highest BCUT2D eigenvalue weighted by molar-refractivity contribution is 7.89. The van der Waals surface area contributed by atoms with E-state index in [0.717, 1.165) is 48.2 Å². The summed E-state index contributed by atoms with van der Waals surface area (Å²) < 4.78 is 28.3. The van der Waals surface area contributed by atoms with Gasteiger partial charge in [0.1, 0.15) is 0 Å². The predicted molar refractivity (Wildman–Crippen MR) is 90.9 cm³/mol. The minimum Gasteiger partial charge on any atom is -0.316 e. The lowest BCUT2D eigenvalue weighted by molar-refractivity contribution is 0.519. The molecule has 1 aliphatic rings. The van der Waals surface area contributed by atoms with Crippen molar-refractivity contribution in [1.29, 1.82) is 0 Å². The highest BCUT2D eigenvalue weighted by Gasteiger charge is 2.24. The van der Waals surface area contributed by atoms with Crippen molar-refractivity contribution >= 4 is 10.0 Å². The molecule has 0 aromatic heterocycles. The first-order chi connectivity index (χ1) is 10.3. The topological polar surface area (TPSA) is 58.2 Å². The fraction of sp³-hybridized carbons (Fsp3) is 0.647. The number of rotatable bonds is 5. The van der Waals surface area contributed by atoms with Gasteiger partial charge in [-0.3, -0.25) is 0 Å². The second-order valence-electron chi connectivity index (χ2n) is 6.50. The fourth-order valence-corrected chi connectivity index (χ4v) is 4.94. The molecule has 1 unspecified atom stereocenters. The zero-order valence-corrected chi connectivity index (χ0v) is 15.2. The predicted octanol–water partition coefficient (Wildman–Crippen LogP) is 2.51. The van der Waals surface area contributed by atoms with Crippen molar-refractivity contribution in [2.24, 2.45) is 5.92 Å². The largest absolute Gasteiger partial charge is 0.316 e. The average Bonchev–Trinajstić information content (AvgIpc) is 2.96. The highest BCUT2D eigenvalue weighted by atomic mass is 32.2. The van der Waals surface area contributed by atoms with E-state index in [0.29, 0.717) is 17.4 Å². The molecule has 1 aromatic rings. The van der Waals surface area contributed by atoms with Gasteiger partial charge in [0.05, 0.1) is 4.90 Å². The van der Waals surface area contributed by atoms with E-state index in [1.165, 1.54) is 5.56 Å². The van der Waals surface area contributed by atoms with Gasteiger partial charge in [0, 0.05) is 6.54 Å². The summed E-state index contributed by atoms with van der Waals surface area (Å²) in [4.78, 5) is 0.470. The molecule has 124 valence electrons. The smallest absolute Gasteiger partial charge is 0.241 e. The van der Waals surface area contributed by atoms with Crippen LogP contribution in [-0.2, 0) is 10.0 Å². The van der Waals surface area contributed by atoms with Crippen molar-refractivity contribution in [2.75, 3.05) is 19.6 Å². The van der Waals surface area contributed by atoms with Gasteiger partial charge < -0.3 is 5.32 Å². The summed E-state index contributed by atoms with van der Waals surface area (Å²) in [6, 6.07) is 0. The van der Waals surface area contributed by atoms with E-state index in [1.54, 1.807) is 0 Å². The molecule has 2 rings (SSSR count). The Morgan fingerprint density at radius 1 is 1.00 bits per heavy atom. The van der Waals surface area contributed by atoms with Gasteiger partial charge in [-0.15, -0.1) is 0 Å². The summed E-state index contributed by atoms with van der Waals surface area (Å²) >= 11 is 0. The van der Waals surface area contributed by atoms with E-state index < -0.39 is 10.0 Å². The van der Waals surface area contributed by atoms with Crippen molar-refractivity contribution in [2.45, 2.75) is 52.4 Å². The van der Waals surface area contributed by atoms with E-state index in [2.05, 4.69) is 17.0 Å². The minimum absolute atomic E-state index is 0.470. The van der Waals surface area contributed by atoms with Crippen LogP contribution in [0.25, 0.3) is 0 Å². The van der Waals surface area contributed by atoms with Gasteiger partial charge in [-0.05, 0) is 94.3 Å². The monoisotopic (exact) mass is 324 g/mol. The molecule has 0 aliphatic carbocycles. The summed E-state index contributed by atoms with van der Waals surface area (Å²) in [5, 5.41) is 3.31. The number of benzene rings is 1. The molecule has 5 heteroatoms. The Morgan fingerprint density at radius 2 is 1.55 bits per heavy atom. The van der Waals surface area contributed by atoms with Crippen LogP contribution in [0.4, 0.5) is 0 Å². The lowest BCUT2D eigenvalue weighted by Gasteiger charge is -2.19. The standard InChI is InChI=1S/C17H28N2O2S/c1-11-12(2)14(4)17(15(5)13(11)3)22(20,21)19-9-7-16-6-8-18-10-16/h16,18-19H,6-10H2,1-5H3. The summed E-state index contributed by atoms with van der Waals surface area (Å²) in [5.74, 6) is 0.589. The second kappa shape index (κ2) is 6.69. The van der Waals surface area contributed by atoms with E-state index >= 15 is 0 Å². The molecule has 0 bridgehead atoms. The van der Waals surface area contributed by atoms with Crippen LogP contribution in [-0.4, -0.2) is 28.1 Å². The Kier molecular flexibility index (Phi) is 5.30. The van der Waals surface area contributed by atoms with Crippen LogP contribution in [0.5, 0.6) is 0 Å². The van der Waals surface area contributed by atoms with Crippen LogP contribution in [0.2, 0.25) is 0 Å². The molecule has 1 saturated heterocycles. The summed E-state index contributed by atoms with van der Waals surface area (Å²) in [6.07, 6.45) is 2.04. The molecule has 1 heterocycles. The number of hydrogen-bond donors (Lipinski definition) is 2. The van der Waals surface area contributed by atoms with E-state index in [4.69, 9.17) is 0 Å². The molecular formula is C17H28N2O2S. The first-order valence-electron chi connectivity index (χ1n) is 8.03. The Labute approximate surface area is 134 Å². The van der Waals surface area contributed by atoms with Crippen LogP contribution in [0.1, 0.15) is 40.7 Å². The molecule has 0 radical (unpaired) electrons. The maximum absolute atomic E-state index is 12.7. The van der Waals surface area contributed by atoms with Crippen molar-refractivity contribution < 1.29 is 8.42 Å². The first kappa shape index (κ1) is 17.4. The fourth-order valence-electron chi connectivity index (χ4n) is 3.30. The maximum Gasteiger partial charge on any atom is 0.241 e. The van der Waals surface area contributed by atoms with Gasteiger partial charge in [0.25, 0.3) is 0 Å². The Morgan fingerprint density at radius 3 is 2.05 bits per heavy atom. The highest BCUT2D eigenvalue weighted by Crippen LogP contribution is 2.29. The lowest BCUT2D eigenvalue weighted by Crippen LogP contribution is -2.28. The molecule has 0 spiro atoms. The average molecular weight is 324 g/mol. The molecule has 1 aliphatic heterocycles. The van der Waals surface area contributed by atoms with Crippen LogP contribution in [0.3, 0.4) is 0 Å². The Bertz CT molecular complexity index is 631. The normalized spacial score (nSPS) is 18.9. The number of hydrogen-bond acceptors (Lipinski definition) is 3. The minimum atomic E-state index is -3.45. The van der Waals surface area contributed by atoms with Gasteiger partial charge >= 0.3 is 0 Å². The van der Waals surface area contributed by atoms with Gasteiger partial charge in [-0.2, -0.15) is 0 Å². The van der Waals surface area contributed by atoms with Gasteiger partial charge in [-0.1, -0.05) is 0 Å². The van der Waals surface area contributed by atoms with Crippen molar-refractivity contribution in [3.63, 3.8) is 0 Å². The Hall–Kier alpha value is -0.910. The van der Waals surface area contributed by atoms with Crippen LogP contribution >= 0.6 is 0 Å². The zero-order valence-electron chi connectivity index (χ0n) is 14.3. The molecular weight excluding hydrogens is 296 g/mol. The van der Waals surface area contributed by atoms with Gasteiger partial charge in [0.15, 0.2) is 0 Å². The molecule has 2 N–H and O–H groups in total. The Balaban J connectivity index is 2.22. The van der Waals surface area contributed by atoms with Crippen molar-refractivity contribution in [3.8, 4) is 0 Å². The summed E-state index contributed by atoms with van der Waals surface area (Å²) in [7, 11) is -3.45. The molecule has 4 nitrogen and oxygen atoms in total.